The molecular formula is C14H11ClN4O3. The number of halogens is 1. The van der Waals surface area contributed by atoms with E-state index in [2.05, 4.69) is 10.3 Å². The summed E-state index contributed by atoms with van der Waals surface area (Å²) >= 11 is 5.96. The molecule has 0 saturated carbocycles. The normalized spacial score (nSPS) is 12.3. The second-order valence-corrected chi connectivity index (χ2v) is 5.13. The van der Waals surface area contributed by atoms with Crippen molar-refractivity contribution in [3.63, 3.8) is 0 Å². The van der Waals surface area contributed by atoms with Crippen molar-refractivity contribution in [1.29, 1.82) is 0 Å². The van der Waals surface area contributed by atoms with Gasteiger partial charge in [0.25, 0.3) is 5.69 Å². The van der Waals surface area contributed by atoms with E-state index in [1.165, 1.54) is 17.0 Å². The van der Waals surface area contributed by atoms with Crippen molar-refractivity contribution < 1.29 is 9.76 Å². The lowest BCUT2D eigenvalue weighted by atomic mass is 10.1. The van der Waals surface area contributed by atoms with Crippen LogP contribution in [0.4, 0.5) is 5.69 Å². The van der Waals surface area contributed by atoms with Crippen LogP contribution in [0.5, 0.6) is 0 Å². The van der Waals surface area contributed by atoms with Crippen LogP contribution in [-0.2, 0) is 0 Å². The van der Waals surface area contributed by atoms with Crippen LogP contribution in [0, 0.1) is 10.1 Å². The SMILES string of the molecule is C[C@H](On1nnc2ccc(Cl)cc21)c1cccc([N+](=O)[O-])c1. The van der Waals surface area contributed by atoms with Crippen LogP contribution in [0.25, 0.3) is 11.0 Å². The van der Waals surface area contributed by atoms with E-state index in [1.54, 1.807) is 37.3 Å². The first kappa shape index (κ1) is 14.3. The van der Waals surface area contributed by atoms with Crippen LogP contribution in [0.1, 0.15) is 18.6 Å². The summed E-state index contributed by atoms with van der Waals surface area (Å²) in [6.07, 6.45) is -0.441. The zero-order chi connectivity index (χ0) is 15.7. The highest BCUT2D eigenvalue weighted by Gasteiger charge is 2.14. The monoisotopic (exact) mass is 318 g/mol. The first-order valence-electron chi connectivity index (χ1n) is 6.47. The molecule has 0 N–H and O–H groups in total. The lowest BCUT2D eigenvalue weighted by molar-refractivity contribution is -0.385. The molecule has 2 aromatic carbocycles. The fourth-order valence-corrected chi connectivity index (χ4v) is 2.22. The minimum atomic E-state index is -0.444. The maximum Gasteiger partial charge on any atom is 0.269 e. The Balaban J connectivity index is 1.89. The second kappa shape index (κ2) is 5.61. The van der Waals surface area contributed by atoms with E-state index in [0.29, 0.717) is 21.6 Å². The Bertz CT molecular complexity index is 849. The van der Waals surface area contributed by atoms with E-state index in [4.69, 9.17) is 16.4 Å². The number of nitrogens with zero attached hydrogens (tertiary/aromatic N) is 4. The summed E-state index contributed by atoms with van der Waals surface area (Å²) < 4.78 is 0. The van der Waals surface area contributed by atoms with E-state index in [1.807, 2.05) is 0 Å². The van der Waals surface area contributed by atoms with Crippen molar-refractivity contribution in [3.05, 3.63) is 63.2 Å². The number of fused-ring (bicyclic) bond motifs is 1. The summed E-state index contributed by atoms with van der Waals surface area (Å²) in [6.45, 7) is 1.77. The number of hydrogen-bond acceptors (Lipinski definition) is 5. The smallest absolute Gasteiger partial charge is 0.269 e. The standard InChI is InChI=1S/C14H11ClN4O3/c1-9(10-3-2-4-12(7-10)19(20)21)22-18-14-8-11(15)5-6-13(14)16-17-18/h2-9H,1H3/t9-/m0/s1. The minimum absolute atomic E-state index is 0.0134. The van der Waals surface area contributed by atoms with E-state index >= 15 is 0 Å². The third kappa shape index (κ3) is 2.71. The number of nitro benzene ring substituents is 1. The molecule has 0 aliphatic heterocycles. The second-order valence-electron chi connectivity index (χ2n) is 4.70. The Labute approximate surface area is 130 Å². The summed E-state index contributed by atoms with van der Waals surface area (Å²) in [5.41, 5.74) is 1.96. The first-order valence-corrected chi connectivity index (χ1v) is 6.85. The van der Waals surface area contributed by atoms with Gasteiger partial charge in [0.15, 0.2) is 0 Å². The number of non-ortho nitro benzene ring substituents is 1. The highest BCUT2D eigenvalue weighted by atomic mass is 35.5. The maximum atomic E-state index is 10.8. The van der Waals surface area contributed by atoms with Crippen molar-refractivity contribution >= 4 is 28.3 Å². The van der Waals surface area contributed by atoms with Gasteiger partial charge >= 0.3 is 0 Å². The van der Waals surface area contributed by atoms with Gasteiger partial charge in [0, 0.05) is 22.7 Å². The number of rotatable bonds is 4. The largest absolute Gasteiger partial charge is 0.387 e. The van der Waals surface area contributed by atoms with Gasteiger partial charge < -0.3 is 4.84 Å². The molecule has 0 aliphatic rings. The van der Waals surface area contributed by atoms with Crippen LogP contribution >= 0.6 is 11.6 Å². The number of benzene rings is 2. The Hall–Kier alpha value is -2.67. The highest BCUT2D eigenvalue weighted by molar-refractivity contribution is 6.31. The molecule has 1 heterocycles. The molecule has 22 heavy (non-hydrogen) atoms. The zero-order valence-electron chi connectivity index (χ0n) is 11.5. The topological polar surface area (TPSA) is 83.1 Å². The molecule has 0 radical (unpaired) electrons. The molecule has 0 saturated heterocycles. The van der Waals surface area contributed by atoms with Crippen LogP contribution in [0.15, 0.2) is 42.5 Å². The van der Waals surface area contributed by atoms with Gasteiger partial charge in [0.1, 0.15) is 17.1 Å². The summed E-state index contributed by atoms with van der Waals surface area (Å²) in [6, 6.07) is 11.4. The molecule has 1 atom stereocenters. The Kier molecular flexibility index (Phi) is 3.64. The quantitative estimate of drug-likeness (QED) is 0.545. The molecule has 112 valence electrons. The van der Waals surface area contributed by atoms with E-state index < -0.39 is 11.0 Å². The van der Waals surface area contributed by atoms with Gasteiger partial charge in [-0.15, -0.1) is 5.10 Å². The van der Waals surface area contributed by atoms with Crippen molar-refractivity contribution in [3.8, 4) is 0 Å². The number of hydrogen-bond donors (Lipinski definition) is 0. The summed E-state index contributed by atoms with van der Waals surface area (Å²) in [5, 5.41) is 19.3. The molecule has 3 aromatic rings. The molecule has 0 amide bonds. The molecule has 1 aromatic heterocycles. The van der Waals surface area contributed by atoms with Gasteiger partial charge in [-0.2, -0.15) is 0 Å². The van der Waals surface area contributed by atoms with Crippen LogP contribution < -0.4 is 4.84 Å². The van der Waals surface area contributed by atoms with Crippen molar-refractivity contribution in [2.75, 3.05) is 0 Å². The lowest BCUT2D eigenvalue weighted by Gasteiger charge is -2.13. The third-order valence-electron chi connectivity index (χ3n) is 3.19. The highest BCUT2D eigenvalue weighted by Crippen LogP contribution is 2.22. The maximum absolute atomic E-state index is 10.8. The van der Waals surface area contributed by atoms with E-state index in [9.17, 15) is 10.1 Å². The molecule has 3 rings (SSSR count). The summed E-state index contributed by atoms with van der Waals surface area (Å²) in [5.74, 6) is 0. The molecule has 0 aliphatic carbocycles. The van der Waals surface area contributed by atoms with Gasteiger partial charge in [0.05, 0.1) is 4.92 Å². The number of nitro groups is 1. The average molecular weight is 319 g/mol. The van der Waals surface area contributed by atoms with Crippen LogP contribution in [-0.4, -0.2) is 20.1 Å². The molecule has 0 bridgehead atoms. The fraction of sp³-hybridized carbons (Fsp3) is 0.143. The van der Waals surface area contributed by atoms with Crippen molar-refractivity contribution in [2.45, 2.75) is 13.0 Å². The Morgan fingerprint density at radius 1 is 1.32 bits per heavy atom. The third-order valence-corrected chi connectivity index (χ3v) is 3.42. The summed E-state index contributed by atoms with van der Waals surface area (Å²) in [4.78, 5) is 17.4. The predicted molar refractivity (Wildman–Crippen MR) is 80.6 cm³/mol. The lowest BCUT2D eigenvalue weighted by Crippen LogP contribution is -2.17. The van der Waals surface area contributed by atoms with Crippen molar-refractivity contribution in [2.24, 2.45) is 0 Å². The average Bonchev–Trinajstić information content (AvgIpc) is 2.89. The van der Waals surface area contributed by atoms with Gasteiger partial charge in [-0.25, -0.2) is 0 Å². The van der Waals surface area contributed by atoms with Crippen LogP contribution in [0.3, 0.4) is 0 Å². The zero-order valence-corrected chi connectivity index (χ0v) is 12.3. The minimum Gasteiger partial charge on any atom is -0.387 e. The van der Waals surface area contributed by atoms with Gasteiger partial charge in [-0.05, 0) is 30.3 Å². The van der Waals surface area contributed by atoms with E-state index in [0.717, 1.165) is 0 Å². The van der Waals surface area contributed by atoms with Crippen LogP contribution in [0.2, 0.25) is 5.02 Å². The van der Waals surface area contributed by atoms with Gasteiger partial charge in [-0.3, -0.25) is 10.1 Å². The molecule has 0 fully saturated rings. The summed E-state index contributed by atoms with van der Waals surface area (Å²) in [7, 11) is 0. The predicted octanol–water partition coefficient (Wildman–Crippen LogP) is 3.18. The van der Waals surface area contributed by atoms with Crippen molar-refractivity contribution in [1.82, 2.24) is 15.2 Å². The Morgan fingerprint density at radius 2 is 2.14 bits per heavy atom. The molecule has 8 heteroatoms. The molecular weight excluding hydrogens is 308 g/mol. The molecule has 0 spiro atoms. The first-order chi connectivity index (χ1) is 10.5. The Morgan fingerprint density at radius 3 is 2.91 bits per heavy atom. The van der Waals surface area contributed by atoms with Gasteiger partial charge in [0.2, 0.25) is 0 Å². The van der Waals surface area contributed by atoms with E-state index in [-0.39, 0.29) is 5.69 Å². The molecule has 7 nitrogen and oxygen atoms in total. The molecule has 0 unspecified atom stereocenters. The number of aromatic nitrogens is 3. The fourth-order valence-electron chi connectivity index (χ4n) is 2.05. The van der Waals surface area contributed by atoms with Gasteiger partial charge in [-0.1, -0.05) is 28.6 Å².